The van der Waals surface area contributed by atoms with E-state index in [1.807, 2.05) is 4.90 Å². The van der Waals surface area contributed by atoms with Crippen molar-refractivity contribution in [1.82, 2.24) is 4.90 Å². The fourth-order valence-corrected chi connectivity index (χ4v) is 4.54. The van der Waals surface area contributed by atoms with Gasteiger partial charge in [-0.2, -0.15) is 0 Å². The van der Waals surface area contributed by atoms with E-state index in [2.05, 4.69) is 19.2 Å². The molecule has 162 valence electrons. The lowest BCUT2D eigenvalue weighted by molar-refractivity contribution is -0.151. The number of amides is 2. The lowest BCUT2D eigenvalue weighted by atomic mass is 9.77. The summed E-state index contributed by atoms with van der Waals surface area (Å²) < 4.78 is 5.18. The Labute approximate surface area is 177 Å². The molecule has 7 nitrogen and oxygen atoms in total. The summed E-state index contributed by atoms with van der Waals surface area (Å²) in [5.41, 5.74) is 0.777. The van der Waals surface area contributed by atoms with Crippen molar-refractivity contribution >= 4 is 29.3 Å². The van der Waals surface area contributed by atoms with Crippen LogP contribution in [-0.4, -0.2) is 47.7 Å². The van der Waals surface area contributed by atoms with Gasteiger partial charge in [0.25, 0.3) is 5.91 Å². The Kier molecular flexibility index (Phi) is 6.90. The van der Waals surface area contributed by atoms with Crippen LogP contribution in [0.3, 0.4) is 0 Å². The number of hydrogen-bond donors (Lipinski definition) is 1. The number of nitrogens with zero attached hydrogens (tertiary/aromatic N) is 1. The summed E-state index contributed by atoms with van der Waals surface area (Å²) in [6.07, 6.45) is 3.37. The maximum atomic E-state index is 12.5. The number of para-hydroxylation sites is 1. The van der Waals surface area contributed by atoms with Gasteiger partial charge in [-0.25, -0.2) is 0 Å². The first-order valence-electron chi connectivity index (χ1n) is 10.6. The van der Waals surface area contributed by atoms with Gasteiger partial charge >= 0.3 is 5.97 Å². The zero-order valence-corrected chi connectivity index (χ0v) is 17.8. The standard InChI is InChI=1S/C23H30N2O5/c1-14-7-6-10-20(15(14)2)25-12-17(11-22(25)28)23(29)30-13-21(27)24-19-9-5-4-8-18(19)16(3)26/h4-5,8-9,14-15,17,20H,6-7,10-13H2,1-3H3,(H,24,27)/t14-,15-,17-,20-/m1/s1. The van der Waals surface area contributed by atoms with Crippen LogP contribution >= 0.6 is 0 Å². The van der Waals surface area contributed by atoms with Crippen LogP contribution in [0, 0.1) is 17.8 Å². The molecule has 1 aromatic rings. The van der Waals surface area contributed by atoms with Gasteiger partial charge in [-0.3, -0.25) is 19.2 Å². The minimum atomic E-state index is -0.542. The first kappa shape index (κ1) is 22.0. The van der Waals surface area contributed by atoms with Crippen LogP contribution in [0.4, 0.5) is 5.69 Å². The van der Waals surface area contributed by atoms with Gasteiger partial charge in [-0.05, 0) is 37.3 Å². The van der Waals surface area contributed by atoms with Gasteiger partial charge in [0.2, 0.25) is 5.91 Å². The van der Waals surface area contributed by atoms with E-state index in [-0.39, 0.29) is 24.2 Å². The molecule has 2 aliphatic rings. The van der Waals surface area contributed by atoms with Crippen molar-refractivity contribution in [2.24, 2.45) is 17.8 Å². The van der Waals surface area contributed by atoms with Gasteiger partial charge in [0.1, 0.15) is 0 Å². The van der Waals surface area contributed by atoms with E-state index in [1.165, 1.54) is 13.3 Å². The van der Waals surface area contributed by atoms with Crippen molar-refractivity contribution in [2.45, 2.75) is 52.5 Å². The van der Waals surface area contributed by atoms with E-state index >= 15 is 0 Å². The quantitative estimate of drug-likeness (QED) is 0.570. The highest BCUT2D eigenvalue weighted by molar-refractivity contribution is 6.04. The minimum absolute atomic E-state index is 0.0114. The summed E-state index contributed by atoms with van der Waals surface area (Å²) in [6.45, 7) is 5.71. The molecule has 2 fully saturated rings. The maximum Gasteiger partial charge on any atom is 0.311 e. The van der Waals surface area contributed by atoms with Crippen LogP contribution in [0.1, 0.15) is 56.8 Å². The number of carbonyl (C=O) groups is 4. The Hall–Kier alpha value is -2.70. The minimum Gasteiger partial charge on any atom is -0.455 e. The summed E-state index contributed by atoms with van der Waals surface area (Å²) in [4.78, 5) is 50.7. The third-order valence-electron chi connectivity index (χ3n) is 6.48. The van der Waals surface area contributed by atoms with Gasteiger partial charge < -0.3 is 15.0 Å². The predicted molar refractivity (Wildman–Crippen MR) is 112 cm³/mol. The molecule has 1 heterocycles. The monoisotopic (exact) mass is 414 g/mol. The SMILES string of the molecule is CC(=O)c1ccccc1NC(=O)COC(=O)[C@@H]1CC(=O)N([C@@H]2CCC[C@@H](C)[C@H]2C)C1. The number of anilines is 1. The van der Waals surface area contributed by atoms with E-state index in [9.17, 15) is 19.2 Å². The number of hydrogen-bond acceptors (Lipinski definition) is 5. The second kappa shape index (κ2) is 9.41. The Morgan fingerprint density at radius 3 is 2.63 bits per heavy atom. The Bertz CT molecular complexity index is 837. The molecular formula is C23H30N2O5. The molecule has 0 spiro atoms. The second-order valence-corrected chi connectivity index (χ2v) is 8.54. The molecule has 7 heteroatoms. The number of likely N-dealkylation sites (tertiary alicyclic amines) is 1. The van der Waals surface area contributed by atoms with Crippen molar-refractivity contribution in [2.75, 3.05) is 18.5 Å². The molecule has 1 N–H and O–H groups in total. The molecule has 4 atom stereocenters. The van der Waals surface area contributed by atoms with Crippen molar-refractivity contribution < 1.29 is 23.9 Å². The smallest absolute Gasteiger partial charge is 0.311 e. The van der Waals surface area contributed by atoms with Crippen LogP contribution in [0.5, 0.6) is 0 Å². The number of benzene rings is 1. The van der Waals surface area contributed by atoms with E-state index in [4.69, 9.17) is 4.74 Å². The number of rotatable bonds is 6. The van der Waals surface area contributed by atoms with Gasteiger partial charge in [-0.1, -0.05) is 38.8 Å². The molecule has 0 radical (unpaired) electrons. The average Bonchev–Trinajstić information content (AvgIpc) is 3.10. The first-order chi connectivity index (χ1) is 14.3. The molecule has 1 aromatic carbocycles. The summed E-state index contributed by atoms with van der Waals surface area (Å²) in [5.74, 6) is -0.806. The molecule has 0 unspecified atom stereocenters. The molecule has 30 heavy (non-hydrogen) atoms. The maximum absolute atomic E-state index is 12.5. The van der Waals surface area contributed by atoms with Crippen LogP contribution in [0.2, 0.25) is 0 Å². The fraction of sp³-hybridized carbons (Fsp3) is 0.565. The Balaban J connectivity index is 1.52. The number of ketones is 1. The highest BCUT2D eigenvalue weighted by atomic mass is 16.5. The fourth-order valence-electron chi connectivity index (χ4n) is 4.54. The van der Waals surface area contributed by atoms with Gasteiger partial charge in [0, 0.05) is 24.6 Å². The molecule has 0 aromatic heterocycles. The second-order valence-electron chi connectivity index (χ2n) is 8.54. The number of esters is 1. The average molecular weight is 415 g/mol. The zero-order chi connectivity index (χ0) is 21.8. The summed E-state index contributed by atoms with van der Waals surface area (Å²) in [7, 11) is 0. The third kappa shape index (κ3) is 4.89. The summed E-state index contributed by atoms with van der Waals surface area (Å²) >= 11 is 0. The zero-order valence-electron chi connectivity index (χ0n) is 17.8. The number of carbonyl (C=O) groups excluding carboxylic acids is 4. The van der Waals surface area contributed by atoms with Crippen molar-refractivity contribution in [3.8, 4) is 0 Å². The Morgan fingerprint density at radius 1 is 1.17 bits per heavy atom. The lowest BCUT2D eigenvalue weighted by Crippen LogP contribution is -2.45. The van der Waals surface area contributed by atoms with E-state index < -0.39 is 24.4 Å². The molecule has 0 bridgehead atoms. The van der Waals surface area contributed by atoms with Crippen LogP contribution in [-0.2, 0) is 19.1 Å². The van der Waals surface area contributed by atoms with E-state index in [0.29, 0.717) is 29.6 Å². The van der Waals surface area contributed by atoms with Crippen LogP contribution in [0.25, 0.3) is 0 Å². The van der Waals surface area contributed by atoms with Crippen molar-refractivity contribution in [1.29, 1.82) is 0 Å². The van der Waals surface area contributed by atoms with Gasteiger partial charge in [-0.15, -0.1) is 0 Å². The first-order valence-corrected chi connectivity index (χ1v) is 10.6. The molecule has 1 saturated heterocycles. The summed E-state index contributed by atoms with van der Waals surface area (Å²) in [6, 6.07) is 6.83. The largest absolute Gasteiger partial charge is 0.455 e. The number of Topliss-reactive ketones (excluding diaryl/α,β-unsaturated/α-hetero) is 1. The highest BCUT2D eigenvalue weighted by Crippen LogP contribution is 2.35. The van der Waals surface area contributed by atoms with Crippen LogP contribution in [0.15, 0.2) is 24.3 Å². The lowest BCUT2D eigenvalue weighted by Gasteiger charge is -2.39. The predicted octanol–water partition coefficient (Wildman–Crippen LogP) is 3.04. The van der Waals surface area contributed by atoms with Crippen LogP contribution < -0.4 is 5.32 Å². The normalized spacial score (nSPS) is 26.4. The molecule has 1 aliphatic heterocycles. The molecule has 2 amide bonds. The van der Waals surface area contributed by atoms with E-state index in [1.54, 1.807) is 24.3 Å². The molecular weight excluding hydrogens is 384 g/mol. The topological polar surface area (TPSA) is 92.8 Å². The number of ether oxygens (including phenoxy) is 1. The van der Waals surface area contributed by atoms with Gasteiger partial charge in [0.05, 0.1) is 11.6 Å². The van der Waals surface area contributed by atoms with Crippen molar-refractivity contribution in [3.63, 3.8) is 0 Å². The molecule has 3 rings (SSSR count). The third-order valence-corrected chi connectivity index (χ3v) is 6.48. The van der Waals surface area contributed by atoms with E-state index in [0.717, 1.165) is 12.8 Å². The van der Waals surface area contributed by atoms with Crippen molar-refractivity contribution in [3.05, 3.63) is 29.8 Å². The molecule has 1 aliphatic carbocycles. The van der Waals surface area contributed by atoms with Gasteiger partial charge in [0.15, 0.2) is 12.4 Å². The summed E-state index contributed by atoms with van der Waals surface area (Å²) in [5, 5.41) is 2.60. The highest BCUT2D eigenvalue weighted by Gasteiger charge is 2.42. The number of nitrogens with one attached hydrogen (secondary N) is 1. The molecule has 1 saturated carbocycles. The Morgan fingerprint density at radius 2 is 1.90 bits per heavy atom.